The number of benzene rings is 2. The minimum atomic E-state index is -0.156. The average molecular weight is 393 g/mol. The van der Waals surface area contributed by atoms with Crippen molar-refractivity contribution in [1.82, 2.24) is 0 Å². The molecule has 1 aliphatic rings. The number of hydrogen-bond acceptors (Lipinski definition) is 3. The van der Waals surface area contributed by atoms with Crippen LogP contribution in [0, 0.1) is 11.8 Å². The molecule has 1 fully saturated rings. The first-order chi connectivity index (χ1) is 13.9. The normalized spacial score (nSPS) is 18.6. The molecule has 2 aromatic rings. The Morgan fingerprint density at radius 1 is 0.828 bits per heavy atom. The molecule has 6 heteroatoms. The molecule has 1 aliphatic carbocycles. The van der Waals surface area contributed by atoms with Crippen LogP contribution in [0.15, 0.2) is 54.6 Å². The number of amides is 3. The second-order valence-corrected chi connectivity index (χ2v) is 7.53. The average Bonchev–Trinajstić information content (AvgIpc) is 2.73. The fourth-order valence-corrected chi connectivity index (χ4v) is 3.78. The second kappa shape index (κ2) is 9.37. The molecule has 2 N–H and O–H groups in total. The summed E-state index contributed by atoms with van der Waals surface area (Å²) >= 11 is 0. The summed E-state index contributed by atoms with van der Waals surface area (Å²) in [5, 5.41) is 5.64. The first-order valence-electron chi connectivity index (χ1n) is 9.95. The lowest BCUT2D eigenvalue weighted by Crippen LogP contribution is -2.36. The van der Waals surface area contributed by atoms with Gasteiger partial charge < -0.3 is 15.5 Å². The van der Waals surface area contributed by atoms with E-state index in [1.54, 1.807) is 36.2 Å². The Hall–Kier alpha value is -3.15. The van der Waals surface area contributed by atoms with Crippen LogP contribution in [-0.4, -0.2) is 24.8 Å². The summed E-state index contributed by atoms with van der Waals surface area (Å²) in [4.78, 5) is 38.3. The van der Waals surface area contributed by atoms with Crippen LogP contribution in [0.4, 0.5) is 17.1 Å². The summed E-state index contributed by atoms with van der Waals surface area (Å²) in [5.41, 5.74) is 2.19. The van der Waals surface area contributed by atoms with Crippen molar-refractivity contribution in [2.75, 3.05) is 22.6 Å². The Balaban J connectivity index is 1.53. The van der Waals surface area contributed by atoms with Crippen molar-refractivity contribution in [1.29, 1.82) is 0 Å². The number of hydrogen-bond donors (Lipinski definition) is 2. The SMILES string of the molecule is CC(=O)Nc1cccc(NC(=O)C2CCC(C(=O)N(C)c3ccccc3)CC2)c1. The van der Waals surface area contributed by atoms with E-state index >= 15 is 0 Å². The zero-order valence-corrected chi connectivity index (χ0v) is 16.9. The Morgan fingerprint density at radius 2 is 1.41 bits per heavy atom. The van der Waals surface area contributed by atoms with Crippen LogP contribution in [0.2, 0.25) is 0 Å². The van der Waals surface area contributed by atoms with Crippen LogP contribution in [0.3, 0.4) is 0 Å². The van der Waals surface area contributed by atoms with Gasteiger partial charge in [0.05, 0.1) is 0 Å². The maximum atomic E-state index is 12.8. The molecular weight excluding hydrogens is 366 g/mol. The molecule has 0 unspecified atom stereocenters. The fraction of sp³-hybridized carbons (Fsp3) is 0.348. The second-order valence-electron chi connectivity index (χ2n) is 7.53. The number of nitrogens with one attached hydrogen (secondary N) is 2. The summed E-state index contributed by atoms with van der Waals surface area (Å²) in [6.07, 6.45) is 2.80. The molecule has 0 aromatic heterocycles. The number of nitrogens with zero attached hydrogens (tertiary/aromatic N) is 1. The van der Waals surface area contributed by atoms with E-state index in [0.717, 1.165) is 5.69 Å². The van der Waals surface area contributed by atoms with Gasteiger partial charge in [-0.15, -0.1) is 0 Å². The minimum Gasteiger partial charge on any atom is -0.326 e. The third-order valence-electron chi connectivity index (χ3n) is 5.37. The van der Waals surface area contributed by atoms with E-state index in [-0.39, 0.29) is 29.6 Å². The van der Waals surface area contributed by atoms with E-state index in [9.17, 15) is 14.4 Å². The fourth-order valence-electron chi connectivity index (χ4n) is 3.78. The lowest BCUT2D eigenvalue weighted by atomic mass is 9.81. The molecule has 0 heterocycles. The Bertz CT molecular complexity index is 874. The van der Waals surface area contributed by atoms with Crippen LogP contribution < -0.4 is 15.5 Å². The van der Waals surface area contributed by atoms with Crippen molar-refractivity contribution in [3.05, 3.63) is 54.6 Å². The van der Waals surface area contributed by atoms with Crippen molar-refractivity contribution < 1.29 is 14.4 Å². The quantitative estimate of drug-likeness (QED) is 0.804. The van der Waals surface area contributed by atoms with E-state index in [2.05, 4.69) is 10.6 Å². The predicted molar refractivity (Wildman–Crippen MR) is 115 cm³/mol. The summed E-state index contributed by atoms with van der Waals surface area (Å²) in [6, 6.07) is 16.7. The van der Waals surface area contributed by atoms with Crippen molar-refractivity contribution in [2.45, 2.75) is 32.6 Å². The van der Waals surface area contributed by atoms with Crippen molar-refractivity contribution in [2.24, 2.45) is 11.8 Å². The molecule has 29 heavy (non-hydrogen) atoms. The summed E-state index contributed by atoms with van der Waals surface area (Å²) in [7, 11) is 1.80. The van der Waals surface area contributed by atoms with Crippen LogP contribution >= 0.6 is 0 Å². The van der Waals surface area contributed by atoms with Crippen LogP contribution in [0.1, 0.15) is 32.6 Å². The predicted octanol–water partition coefficient (Wildman–Crippen LogP) is 4.05. The van der Waals surface area contributed by atoms with Gasteiger partial charge in [0.2, 0.25) is 17.7 Å². The molecular formula is C23H27N3O3. The summed E-state index contributed by atoms with van der Waals surface area (Å²) in [5.74, 6) is -0.236. The Labute approximate surface area is 171 Å². The van der Waals surface area contributed by atoms with E-state index in [1.165, 1.54) is 6.92 Å². The number of anilines is 3. The highest BCUT2D eigenvalue weighted by molar-refractivity contribution is 5.96. The smallest absolute Gasteiger partial charge is 0.229 e. The van der Waals surface area contributed by atoms with Gasteiger partial charge >= 0.3 is 0 Å². The molecule has 3 amide bonds. The minimum absolute atomic E-state index is 0.0349. The molecule has 3 rings (SSSR count). The molecule has 0 bridgehead atoms. The third-order valence-corrected chi connectivity index (χ3v) is 5.37. The van der Waals surface area contributed by atoms with Gasteiger partial charge in [-0.05, 0) is 56.0 Å². The molecule has 0 atom stereocenters. The largest absolute Gasteiger partial charge is 0.326 e. The Morgan fingerprint density at radius 3 is 2.03 bits per heavy atom. The molecule has 2 aromatic carbocycles. The van der Waals surface area contributed by atoms with Gasteiger partial charge in [0.1, 0.15) is 0 Å². The highest BCUT2D eigenvalue weighted by atomic mass is 16.2. The van der Waals surface area contributed by atoms with Crippen LogP contribution in [0.25, 0.3) is 0 Å². The summed E-state index contributed by atoms with van der Waals surface area (Å²) in [6.45, 7) is 1.44. The van der Waals surface area contributed by atoms with E-state index in [1.807, 2.05) is 30.3 Å². The number of rotatable bonds is 5. The van der Waals surface area contributed by atoms with E-state index in [0.29, 0.717) is 37.1 Å². The Kier molecular flexibility index (Phi) is 6.65. The van der Waals surface area contributed by atoms with Gasteiger partial charge in [-0.25, -0.2) is 0 Å². The monoisotopic (exact) mass is 393 g/mol. The molecule has 0 radical (unpaired) electrons. The van der Waals surface area contributed by atoms with Gasteiger partial charge in [0, 0.05) is 42.9 Å². The zero-order valence-electron chi connectivity index (χ0n) is 16.9. The van der Waals surface area contributed by atoms with Crippen LogP contribution in [-0.2, 0) is 14.4 Å². The highest BCUT2D eigenvalue weighted by Crippen LogP contribution is 2.32. The zero-order chi connectivity index (χ0) is 20.8. The lowest BCUT2D eigenvalue weighted by Gasteiger charge is -2.30. The topological polar surface area (TPSA) is 78.5 Å². The van der Waals surface area contributed by atoms with Crippen molar-refractivity contribution in [3.63, 3.8) is 0 Å². The van der Waals surface area contributed by atoms with Gasteiger partial charge in [-0.3, -0.25) is 14.4 Å². The molecule has 6 nitrogen and oxygen atoms in total. The molecule has 0 saturated heterocycles. The lowest BCUT2D eigenvalue weighted by molar-refractivity contribution is -0.126. The highest BCUT2D eigenvalue weighted by Gasteiger charge is 2.31. The maximum Gasteiger partial charge on any atom is 0.229 e. The van der Waals surface area contributed by atoms with E-state index in [4.69, 9.17) is 0 Å². The first-order valence-corrected chi connectivity index (χ1v) is 9.95. The summed E-state index contributed by atoms with van der Waals surface area (Å²) < 4.78 is 0. The number of para-hydroxylation sites is 1. The number of carbonyl (C=O) groups is 3. The van der Waals surface area contributed by atoms with E-state index < -0.39 is 0 Å². The molecule has 0 aliphatic heterocycles. The van der Waals surface area contributed by atoms with Gasteiger partial charge in [-0.2, -0.15) is 0 Å². The van der Waals surface area contributed by atoms with Crippen LogP contribution in [0.5, 0.6) is 0 Å². The number of carbonyl (C=O) groups excluding carboxylic acids is 3. The van der Waals surface area contributed by atoms with Crippen molar-refractivity contribution >= 4 is 34.8 Å². The maximum absolute atomic E-state index is 12.8. The third kappa shape index (κ3) is 5.44. The van der Waals surface area contributed by atoms with Gasteiger partial charge in [-0.1, -0.05) is 24.3 Å². The molecule has 1 saturated carbocycles. The molecule has 0 spiro atoms. The van der Waals surface area contributed by atoms with Gasteiger partial charge in [0.25, 0.3) is 0 Å². The standard InChI is InChI=1S/C23H27N3O3/c1-16(27)24-19-7-6-8-20(15-19)25-22(28)17-11-13-18(14-12-17)23(29)26(2)21-9-4-3-5-10-21/h3-10,15,17-18H,11-14H2,1-2H3,(H,24,27)(H,25,28). The molecule has 152 valence electrons. The first kappa shape index (κ1) is 20.6. The van der Waals surface area contributed by atoms with Gasteiger partial charge in [0.15, 0.2) is 0 Å². The van der Waals surface area contributed by atoms with Crippen molar-refractivity contribution in [3.8, 4) is 0 Å².